The molecule has 1 aromatic heterocycles. The van der Waals surface area contributed by atoms with Gasteiger partial charge in [-0.3, -0.25) is 4.98 Å². The van der Waals surface area contributed by atoms with Crippen LogP contribution in [0.5, 0.6) is 0 Å². The van der Waals surface area contributed by atoms with Crippen molar-refractivity contribution in [1.29, 1.82) is 0 Å². The van der Waals surface area contributed by atoms with Gasteiger partial charge in [0.25, 0.3) is 0 Å². The maximum absolute atomic E-state index is 10.3. The predicted molar refractivity (Wildman–Crippen MR) is 73.5 cm³/mol. The van der Waals surface area contributed by atoms with Crippen molar-refractivity contribution < 1.29 is 5.11 Å². The van der Waals surface area contributed by atoms with Crippen LogP contribution in [-0.2, 0) is 12.8 Å². The molecule has 1 heterocycles. The number of rotatable bonds is 4. The van der Waals surface area contributed by atoms with E-state index < -0.39 is 6.10 Å². The zero-order valence-electron chi connectivity index (χ0n) is 10.9. The van der Waals surface area contributed by atoms with Gasteiger partial charge in [-0.15, -0.1) is 0 Å². The van der Waals surface area contributed by atoms with Crippen LogP contribution in [-0.4, -0.2) is 10.1 Å². The highest BCUT2D eigenvalue weighted by Gasteiger charge is 2.12. The Morgan fingerprint density at radius 3 is 2.61 bits per heavy atom. The first-order valence-corrected chi connectivity index (χ1v) is 6.38. The molecule has 0 saturated carbocycles. The van der Waals surface area contributed by atoms with Gasteiger partial charge in [0.2, 0.25) is 0 Å². The van der Waals surface area contributed by atoms with E-state index in [0.29, 0.717) is 6.42 Å². The quantitative estimate of drug-likeness (QED) is 0.891. The van der Waals surface area contributed by atoms with E-state index in [1.165, 1.54) is 5.56 Å². The van der Waals surface area contributed by atoms with E-state index in [0.717, 1.165) is 23.2 Å². The van der Waals surface area contributed by atoms with Crippen LogP contribution >= 0.6 is 0 Å². The van der Waals surface area contributed by atoms with E-state index in [9.17, 15) is 5.11 Å². The van der Waals surface area contributed by atoms with Crippen LogP contribution in [0.2, 0.25) is 0 Å². The lowest BCUT2D eigenvalue weighted by atomic mass is 9.97. The molecule has 0 spiro atoms. The van der Waals surface area contributed by atoms with E-state index in [4.69, 9.17) is 0 Å². The second-order valence-electron chi connectivity index (χ2n) is 4.60. The molecule has 0 aliphatic rings. The molecule has 0 fully saturated rings. The fourth-order valence-corrected chi connectivity index (χ4v) is 2.11. The molecule has 2 rings (SSSR count). The summed E-state index contributed by atoms with van der Waals surface area (Å²) in [6.07, 6.45) is 2.87. The van der Waals surface area contributed by atoms with Crippen LogP contribution in [0.4, 0.5) is 0 Å². The third-order valence-electron chi connectivity index (χ3n) is 3.17. The van der Waals surface area contributed by atoms with Gasteiger partial charge in [-0.05, 0) is 36.1 Å². The van der Waals surface area contributed by atoms with Gasteiger partial charge in [-0.2, -0.15) is 0 Å². The highest BCUT2D eigenvalue weighted by Crippen LogP contribution is 2.21. The maximum atomic E-state index is 10.3. The van der Waals surface area contributed by atoms with Gasteiger partial charge in [-0.1, -0.05) is 37.3 Å². The van der Waals surface area contributed by atoms with E-state index >= 15 is 0 Å². The van der Waals surface area contributed by atoms with Crippen molar-refractivity contribution in [2.24, 2.45) is 0 Å². The van der Waals surface area contributed by atoms with Gasteiger partial charge in [0.1, 0.15) is 0 Å². The second kappa shape index (κ2) is 5.78. The molecule has 94 valence electrons. The van der Waals surface area contributed by atoms with E-state index in [1.807, 2.05) is 43.5 Å². The van der Waals surface area contributed by atoms with Gasteiger partial charge < -0.3 is 5.11 Å². The van der Waals surface area contributed by atoms with Crippen molar-refractivity contribution in [3.63, 3.8) is 0 Å². The largest absolute Gasteiger partial charge is 0.388 e. The maximum Gasteiger partial charge on any atom is 0.0848 e. The molecular weight excluding hydrogens is 222 g/mol. The van der Waals surface area contributed by atoms with Crippen molar-refractivity contribution >= 4 is 0 Å². The average Bonchev–Trinajstić information content (AvgIpc) is 2.41. The molecule has 0 aliphatic carbocycles. The fraction of sp³-hybridized carbons (Fsp3) is 0.312. The van der Waals surface area contributed by atoms with Crippen molar-refractivity contribution in [3.8, 4) is 0 Å². The Hall–Kier alpha value is -1.67. The summed E-state index contributed by atoms with van der Waals surface area (Å²) >= 11 is 0. The Labute approximate surface area is 108 Å². The van der Waals surface area contributed by atoms with Crippen LogP contribution in [0.15, 0.2) is 42.6 Å². The van der Waals surface area contributed by atoms with Gasteiger partial charge >= 0.3 is 0 Å². The standard InChI is InChI=1S/C16H19NO/c1-3-13-6-4-5-7-15(13)16(18)10-14-9-8-12(2)11-17-14/h4-9,11,16,18H,3,10H2,1-2H3. The van der Waals surface area contributed by atoms with Crippen LogP contribution in [0.3, 0.4) is 0 Å². The predicted octanol–water partition coefficient (Wildman–Crippen LogP) is 3.23. The Bertz CT molecular complexity index is 505. The van der Waals surface area contributed by atoms with Crippen LogP contribution in [0, 0.1) is 6.92 Å². The minimum absolute atomic E-state index is 0.476. The number of hydrogen-bond acceptors (Lipinski definition) is 2. The number of aryl methyl sites for hydroxylation is 2. The molecule has 2 aromatic rings. The summed E-state index contributed by atoms with van der Waals surface area (Å²) in [5.41, 5.74) is 4.29. The number of benzene rings is 1. The molecule has 0 amide bonds. The molecule has 0 saturated heterocycles. The van der Waals surface area contributed by atoms with Crippen LogP contribution in [0.1, 0.15) is 35.4 Å². The van der Waals surface area contributed by atoms with Gasteiger partial charge in [-0.25, -0.2) is 0 Å². The Morgan fingerprint density at radius 1 is 1.17 bits per heavy atom. The summed E-state index contributed by atoms with van der Waals surface area (Å²) in [6.45, 7) is 4.12. The molecule has 18 heavy (non-hydrogen) atoms. The molecule has 0 radical (unpaired) electrons. The Kier molecular flexibility index (Phi) is 4.11. The third-order valence-corrected chi connectivity index (χ3v) is 3.17. The lowest BCUT2D eigenvalue weighted by molar-refractivity contribution is 0.176. The first-order chi connectivity index (χ1) is 8.70. The van der Waals surface area contributed by atoms with Gasteiger partial charge in [0.05, 0.1) is 6.10 Å². The highest BCUT2D eigenvalue weighted by atomic mass is 16.3. The molecule has 1 N–H and O–H groups in total. The van der Waals surface area contributed by atoms with E-state index in [-0.39, 0.29) is 0 Å². The Balaban J connectivity index is 2.16. The fourth-order valence-electron chi connectivity index (χ4n) is 2.11. The monoisotopic (exact) mass is 241 g/mol. The first-order valence-electron chi connectivity index (χ1n) is 6.38. The number of hydrogen-bond donors (Lipinski definition) is 1. The zero-order chi connectivity index (χ0) is 13.0. The smallest absolute Gasteiger partial charge is 0.0848 e. The summed E-state index contributed by atoms with van der Waals surface area (Å²) in [4.78, 5) is 4.34. The molecular formula is C16H19NO. The number of aliphatic hydroxyl groups excluding tert-OH is 1. The normalized spacial score (nSPS) is 12.4. The number of nitrogens with zero attached hydrogens (tertiary/aromatic N) is 1. The van der Waals surface area contributed by atoms with Crippen molar-refractivity contribution in [1.82, 2.24) is 4.98 Å². The molecule has 0 bridgehead atoms. The summed E-state index contributed by atoms with van der Waals surface area (Å²) in [5.74, 6) is 0. The molecule has 2 heteroatoms. The number of pyridine rings is 1. The summed E-state index contributed by atoms with van der Waals surface area (Å²) in [7, 11) is 0. The van der Waals surface area contributed by atoms with Gasteiger partial charge in [0, 0.05) is 18.3 Å². The third kappa shape index (κ3) is 2.96. The highest BCUT2D eigenvalue weighted by molar-refractivity contribution is 5.30. The average molecular weight is 241 g/mol. The summed E-state index contributed by atoms with van der Waals surface area (Å²) in [6, 6.07) is 12.1. The van der Waals surface area contributed by atoms with E-state index in [1.54, 1.807) is 0 Å². The SMILES string of the molecule is CCc1ccccc1C(O)Cc1ccc(C)cn1. The van der Waals surface area contributed by atoms with E-state index in [2.05, 4.69) is 18.0 Å². The molecule has 1 aromatic carbocycles. The van der Waals surface area contributed by atoms with Crippen LogP contribution < -0.4 is 0 Å². The van der Waals surface area contributed by atoms with Crippen molar-refractivity contribution in [3.05, 3.63) is 65.0 Å². The summed E-state index contributed by atoms with van der Waals surface area (Å²) < 4.78 is 0. The summed E-state index contributed by atoms with van der Waals surface area (Å²) in [5, 5.41) is 10.3. The van der Waals surface area contributed by atoms with Crippen molar-refractivity contribution in [2.45, 2.75) is 32.8 Å². The lowest BCUT2D eigenvalue weighted by Crippen LogP contribution is -2.06. The molecule has 2 nitrogen and oxygen atoms in total. The minimum Gasteiger partial charge on any atom is -0.388 e. The van der Waals surface area contributed by atoms with Gasteiger partial charge in [0.15, 0.2) is 0 Å². The second-order valence-corrected chi connectivity index (χ2v) is 4.60. The molecule has 1 atom stereocenters. The molecule has 0 aliphatic heterocycles. The number of aliphatic hydroxyl groups is 1. The van der Waals surface area contributed by atoms with Crippen LogP contribution in [0.25, 0.3) is 0 Å². The van der Waals surface area contributed by atoms with Crippen molar-refractivity contribution in [2.75, 3.05) is 0 Å². The minimum atomic E-state index is -0.476. The molecule has 1 unspecified atom stereocenters. The topological polar surface area (TPSA) is 33.1 Å². The zero-order valence-corrected chi connectivity index (χ0v) is 10.9. The lowest BCUT2D eigenvalue weighted by Gasteiger charge is -2.14. The Morgan fingerprint density at radius 2 is 1.94 bits per heavy atom. The first kappa shape index (κ1) is 12.8. The number of aromatic nitrogens is 1.